The van der Waals surface area contributed by atoms with Crippen LogP contribution in [0.3, 0.4) is 0 Å². The average Bonchev–Trinajstić information content (AvgIpc) is 2.72. The number of rotatable bonds is 6. The first-order valence-corrected chi connectivity index (χ1v) is 9.46. The number of methoxy groups -OCH3 is 1. The van der Waals surface area contributed by atoms with Crippen molar-refractivity contribution in [3.8, 4) is 11.5 Å². The summed E-state index contributed by atoms with van der Waals surface area (Å²) in [6.45, 7) is 0.379. The molecule has 1 saturated heterocycles. The van der Waals surface area contributed by atoms with Crippen molar-refractivity contribution in [1.82, 2.24) is 4.90 Å². The molecule has 1 aliphatic heterocycles. The number of halogens is 1. The Morgan fingerprint density at radius 1 is 1.00 bits per heavy atom. The first-order valence-electron chi connectivity index (χ1n) is 9.46. The van der Waals surface area contributed by atoms with E-state index in [-0.39, 0.29) is 25.6 Å². The van der Waals surface area contributed by atoms with E-state index in [2.05, 4.69) is 0 Å². The SMILES string of the molecule is COc1ccc2cc(OCC3(C(N)=O)CN(C(=O)c4ccc(F)cc4)C3)ccc2c1. The predicted octanol–water partition coefficient (Wildman–Crippen LogP) is 2.99. The number of ether oxygens (including phenoxy) is 2. The highest BCUT2D eigenvalue weighted by Crippen LogP contribution is 2.33. The molecule has 0 aliphatic carbocycles. The fraction of sp³-hybridized carbons (Fsp3) is 0.217. The number of benzene rings is 3. The molecule has 2 amide bonds. The van der Waals surface area contributed by atoms with Crippen LogP contribution < -0.4 is 15.2 Å². The number of carbonyl (C=O) groups is 2. The minimum Gasteiger partial charge on any atom is -0.497 e. The molecule has 0 atom stereocenters. The van der Waals surface area contributed by atoms with Crippen LogP contribution in [0.2, 0.25) is 0 Å². The summed E-state index contributed by atoms with van der Waals surface area (Å²) >= 11 is 0. The van der Waals surface area contributed by atoms with Gasteiger partial charge in [0.15, 0.2) is 0 Å². The summed E-state index contributed by atoms with van der Waals surface area (Å²) < 4.78 is 24.2. The zero-order valence-corrected chi connectivity index (χ0v) is 16.4. The van der Waals surface area contributed by atoms with Gasteiger partial charge in [-0.1, -0.05) is 12.1 Å². The highest BCUT2D eigenvalue weighted by molar-refractivity contribution is 5.96. The minimum atomic E-state index is -0.954. The molecule has 0 spiro atoms. The van der Waals surface area contributed by atoms with Gasteiger partial charge in [-0.15, -0.1) is 0 Å². The molecule has 4 rings (SSSR count). The number of hydrogen-bond donors (Lipinski definition) is 1. The Morgan fingerprint density at radius 2 is 1.60 bits per heavy atom. The van der Waals surface area contributed by atoms with Crippen molar-refractivity contribution in [3.63, 3.8) is 0 Å². The number of likely N-dealkylation sites (tertiary alicyclic amines) is 1. The maximum absolute atomic E-state index is 13.1. The first-order chi connectivity index (χ1) is 14.4. The van der Waals surface area contributed by atoms with E-state index in [0.29, 0.717) is 11.3 Å². The molecule has 0 bridgehead atoms. The topological polar surface area (TPSA) is 81.9 Å². The Balaban J connectivity index is 1.43. The maximum atomic E-state index is 13.1. The summed E-state index contributed by atoms with van der Waals surface area (Å²) in [5, 5.41) is 1.98. The van der Waals surface area contributed by atoms with E-state index in [0.717, 1.165) is 16.5 Å². The average molecular weight is 408 g/mol. The Labute approximate surface area is 173 Å². The summed E-state index contributed by atoms with van der Waals surface area (Å²) in [5.74, 6) is 0.174. The Hall–Kier alpha value is -3.61. The third-order valence-corrected chi connectivity index (χ3v) is 5.42. The molecule has 3 aromatic rings. The molecule has 0 aromatic heterocycles. The summed E-state index contributed by atoms with van der Waals surface area (Å²) in [5.41, 5.74) is 5.03. The van der Waals surface area contributed by atoms with Crippen LogP contribution in [0.1, 0.15) is 10.4 Å². The van der Waals surface area contributed by atoms with Crippen LogP contribution in [0.5, 0.6) is 11.5 Å². The zero-order valence-electron chi connectivity index (χ0n) is 16.4. The van der Waals surface area contributed by atoms with Gasteiger partial charge in [0.25, 0.3) is 5.91 Å². The standard InChI is InChI=1S/C23H21FN2O4/c1-29-19-8-4-17-11-20(9-5-16(17)10-19)30-14-23(22(25)28)12-26(13-23)21(27)15-2-6-18(24)7-3-15/h2-11H,12-14H2,1H3,(H2,25,28). The Morgan fingerprint density at radius 3 is 2.20 bits per heavy atom. The second-order valence-electron chi connectivity index (χ2n) is 7.48. The van der Waals surface area contributed by atoms with Crippen molar-refractivity contribution in [3.05, 3.63) is 72.0 Å². The molecule has 6 nitrogen and oxygen atoms in total. The van der Waals surface area contributed by atoms with E-state index in [1.54, 1.807) is 7.11 Å². The lowest BCUT2D eigenvalue weighted by molar-refractivity contribution is -0.138. The lowest BCUT2D eigenvalue weighted by Gasteiger charge is -2.47. The quantitative estimate of drug-likeness (QED) is 0.680. The predicted molar refractivity (Wildman–Crippen MR) is 110 cm³/mol. The highest BCUT2D eigenvalue weighted by Gasteiger charge is 2.51. The van der Waals surface area contributed by atoms with Crippen LogP contribution in [0.15, 0.2) is 60.7 Å². The molecule has 0 radical (unpaired) electrons. The molecule has 0 saturated carbocycles. The van der Waals surface area contributed by atoms with Crippen LogP contribution in [-0.4, -0.2) is 43.5 Å². The van der Waals surface area contributed by atoms with E-state index in [9.17, 15) is 14.0 Å². The number of amides is 2. The normalized spacial score (nSPS) is 14.8. The van der Waals surface area contributed by atoms with Crippen molar-refractivity contribution < 1.29 is 23.5 Å². The van der Waals surface area contributed by atoms with Crippen LogP contribution in [0, 0.1) is 11.2 Å². The molecular weight excluding hydrogens is 387 g/mol. The van der Waals surface area contributed by atoms with E-state index in [1.165, 1.54) is 29.2 Å². The van der Waals surface area contributed by atoms with E-state index < -0.39 is 17.1 Å². The third kappa shape index (κ3) is 3.66. The molecule has 1 aliphatic rings. The van der Waals surface area contributed by atoms with Gasteiger partial charge < -0.3 is 20.1 Å². The third-order valence-electron chi connectivity index (χ3n) is 5.42. The molecule has 0 unspecified atom stereocenters. The second-order valence-corrected chi connectivity index (χ2v) is 7.48. The summed E-state index contributed by atoms with van der Waals surface area (Å²) in [7, 11) is 1.62. The fourth-order valence-electron chi connectivity index (χ4n) is 3.56. The van der Waals surface area contributed by atoms with Crippen LogP contribution in [-0.2, 0) is 4.79 Å². The van der Waals surface area contributed by atoms with Crippen LogP contribution in [0.4, 0.5) is 4.39 Å². The number of hydrogen-bond acceptors (Lipinski definition) is 4. The summed E-state index contributed by atoms with van der Waals surface area (Å²) in [6, 6.07) is 16.6. The van der Waals surface area contributed by atoms with Gasteiger partial charge in [0.2, 0.25) is 5.91 Å². The lowest BCUT2D eigenvalue weighted by Crippen LogP contribution is -2.66. The van der Waals surface area contributed by atoms with Gasteiger partial charge in [-0.2, -0.15) is 0 Å². The largest absolute Gasteiger partial charge is 0.497 e. The van der Waals surface area contributed by atoms with Gasteiger partial charge in [0, 0.05) is 18.7 Å². The number of fused-ring (bicyclic) bond motifs is 1. The fourth-order valence-corrected chi connectivity index (χ4v) is 3.56. The van der Waals surface area contributed by atoms with Gasteiger partial charge in [-0.3, -0.25) is 9.59 Å². The van der Waals surface area contributed by atoms with Crippen molar-refractivity contribution >= 4 is 22.6 Å². The molecule has 1 heterocycles. The van der Waals surface area contributed by atoms with Crippen molar-refractivity contribution in [2.45, 2.75) is 0 Å². The highest BCUT2D eigenvalue weighted by atomic mass is 19.1. The van der Waals surface area contributed by atoms with E-state index in [4.69, 9.17) is 15.2 Å². The Kier molecular flexibility index (Phi) is 5.03. The van der Waals surface area contributed by atoms with Crippen molar-refractivity contribution in [2.24, 2.45) is 11.1 Å². The van der Waals surface area contributed by atoms with Crippen molar-refractivity contribution in [2.75, 3.05) is 26.8 Å². The minimum absolute atomic E-state index is 0.0667. The maximum Gasteiger partial charge on any atom is 0.253 e. The molecule has 30 heavy (non-hydrogen) atoms. The van der Waals surface area contributed by atoms with Crippen molar-refractivity contribution in [1.29, 1.82) is 0 Å². The number of nitrogens with two attached hydrogens (primary N) is 1. The van der Waals surface area contributed by atoms with Gasteiger partial charge in [-0.25, -0.2) is 4.39 Å². The van der Waals surface area contributed by atoms with Crippen LogP contribution >= 0.6 is 0 Å². The van der Waals surface area contributed by atoms with E-state index >= 15 is 0 Å². The van der Waals surface area contributed by atoms with Gasteiger partial charge in [0.05, 0.1) is 7.11 Å². The molecule has 7 heteroatoms. The molecule has 1 fully saturated rings. The number of carbonyl (C=O) groups excluding carboxylic acids is 2. The number of primary amides is 1. The Bertz CT molecular complexity index is 1110. The van der Waals surface area contributed by atoms with Gasteiger partial charge in [0.1, 0.15) is 29.3 Å². The second kappa shape index (κ2) is 7.67. The lowest BCUT2D eigenvalue weighted by atomic mass is 9.79. The number of nitrogens with zero attached hydrogens (tertiary/aromatic N) is 1. The summed E-state index contributed by atoms with van der Waals surface area (Å²) in [6.07, 6.45) is 0. The zero-order chi connectivity index (χ0) is 21.3. The summed E-state index contributed by atoms with van der Waals surface area (Å²) in [4.78, 5) is 26.1. The first kappa shape index (κ1) is 19.7. The van der Waals surface area contributed by atoms with E-state index in [1.807, 2.05) is 36.4 Å². The molecule has 2 N–H and O–H groups in total. The molecular formula is C23H21FN2O4. The molecule has 154 valence electrons. The monoisotopic (exact) mass is 408 g/mol. The van der Waals surface area contributed by atoms with Gasteiger partial charge >= 0.3 is 0 Å². The smallest absolute Gasteiger partial charge is 0.253 e. The van der Waals surface area contributed by atoms with Gasteiger partial charge in [-0.05, 0) is 59.3 Å². The molecule has 3 aromatic carbocycles. The van der Waals surface area contributed by atoms with Crippen LogP contribution in [0.25, 0.3) is 10.8 Å².